The average molecular weight is 338 g/mol. The summed E-state index contributed by atoms with van der Waals surface area (Å²) in [4.78, 5) is 2.25. The Hall–Kier alpha value is -1.87. The van der Waals surface area contributed by atoms with Gasteiger partial charge in [-0.1, -0.05) is 30.3 Å². The number of ether oxygens (including phenoxy) is 1. The highest BCUT2D eigenvalue weighted by Crippen LogP contribution is 2.55. The van der Waals surface area contributed by atoms with Crippen LogP contribution in [0.5, 0.6) is 5.75 Å². The van der Waals surface area contributed by atoms with Crippen LogP contribution in [-0.4, -0.2) is 18.6 Å². The van der Waals surface area contributed by atoms with Crippen LogP contribution in [0.3, 0.4) is 0 Å². The molecule has 1 unspecified atom stereocenters. The third kappa shape index (κ3) is 2.65. The summed E-state index contributed by atoms with van der Waals surface area (Å²) >= 11 is 0. The third-order valence-corrected chi connectivity index (χ3v) is 6.06. The number of nitrogens with zero attached hydrogens (tertiary/aromatic N) is 1. The van der Waals surface area contributed by atoms with Crippen molar-refractivity contribution >= 4 is 0 Å². The topological polar surface area (TPSA) is 12.5 Å². The lowest BCUT2D eigenvalue weighted by atomic mass is 9.84. The van der Waals surface area contributed by atoms with E-state index in [4.69, 9.17) is 6.11 Å². The fourth-order valence-electron chi connectivity index (χ4n) is 4.17. The Kier molecular flexibility index (Phi) is 3.04. The fourth-order valence-corrected chi connectivity index (χ4v) is 4.17. The number of alkyl halides is 1. The Labute approximate surface area is 150 Å². The summed E-state index contributed by atoms with van der Waals surface area (Å²) in [7, 11) is 1.67. The summed E-state index contributed by atoms with van der Waals surface area (Å²) in [5.74, 6) is 0.853. The minimum absolute atomic E-state index is 0.139. The van der Waals surface area contributed by atoms with Crippen LogP contribution in [0.2, 0.25) is 0 Å². The van der Waals surface area contributed by atoms with Crippen LogP contribution in [0.25, 0.3) is 0 Å². The monoisotopic (exact) mass is 338 g/mol. The van der Waals surface area contributed by atoms with Crippen LogP contribution in [-0.2, 0) is 24.1 Å². The van der Waals surface area contributed by atoms with Gasteiger partial charge in [-0.05, 0) is 60.1 Å². The van der Waals surface area contributed by atoms with Crippen molar-refractivity contribution in [2.24, 2.45) is 0 Å². The van der Waals surface area contributed by atoms with Crippen molar-refractivity contribution in [3.8, 4) is 5.75 Å². The molecular formula is C22H24FNO. The van der Waals surface area contributed by atoms with Gasteiger partial charge in [0.05, 0.1) is 7.11 Å². The SMILES string of the molecule is [2H]C1c2ccc(C3(F)CC3)cc2C2(CC2)CN1Cc1ccc(OC)cc1. The molecular weight excluding hydrogens is 313 g/mol. The molecule has 1 aliphatic heterocycles. The highest BCUT2D eigenvalue weighted by molar-refractivity contribution is 5.46. The van der Waals surface area contributed by atoms with Crippen LogP contribution in [0.4, 0.5) is 4.39 Å². The molecule has 0 radical (unpaired) electrons. The minimum Gasteiger partial charge on any atom is -0.497 e. The Morgan fingerprint density at radius 1 is 1.12 bits per heavy atom. The van der Waals surface area contributed by atoms with Gasteiger partial charge in [0.15, 0.2) is 0 Å². The molecule has 2 nitrogen and oxygen atoms in total. The van der Waals surface area contributed by atoms with Gasteiger partial charge < -0.3 is 4.74 Å². The van der Waals surface area contributed by atoms with E-state index in [9.17, 15) is 4.39 Å². The summed E-state index contributed by atoms with van der Waals surface area (Å²) in [6.45, 7) is 1.26. The lowest BCUT2D eigenvalue weighted by Crippen LogP contribution is -2.37. The molecule has 0 aromatic heterocycles. The van der Waals surface area contributed by atoms with Crippen LogP contribution in [0, 0.1) is 0 Å². The van der Waals surface area contributed by atoms with Gasteiger partial charge in [0.2, 0.25) is 0 Å². The molecule has 1 spiro atoms. The lowest BCUT2D eigenvalue weighted by Gasteiger charge is -2.35. The molecule has 130 valence electrons. The van der Waals surface area contributed by atoms with Gasteiger partial charge in [-0.3, -0.25) is 4.90 Å². The normalized spacial score (nSPS) is 26.0. The smallest absolute Gasteiger partial charge is 0.136 e. The Balaban J connectivity index is 1.44. The second-order valence-electron chi connectivity index (χ2n) is 7.93. The highest BCUT2D eigenvalue weighted by atomic mass is 19.1. The van der Waals surface area contributed by atoms with Crippen LogP contribution < -0.4 is 4.74 Å². The zero-order valence-corrected chi connectivity index (χ0v) is 14.6. The molecule has 25 heavy (non-hydrogen) atoms. The number of halogens is 1. The van der Waals surface area contributed by atoms with E-state index in [2.05, 4.69) is 23.1 Å². The Morgan fingerprint density at radius 3 is 2.52 bits per heavy atom. The summed E-state index contributed by atoms with van der Waals surface area (Å²) in [6, 6.07) is 14.1. The van der Waals surface area contributed by atoms with E-state index in [1.807, 2.05) is 24.3 Å². The van der Waals surface area contributed by atoms with E-state index in [1.54, 1.807) is 7.11 Å². The first-order valence-corrected chi connectivity index (χ1v) is 9.16. The number of benzene rings is 2. The molecule has 3 aliphatic rings. The van der Waals surface area contributed by atoms with Crippen LogP contribution in [0.1, 0.15) is 49.3 Å². The average Bonchev–Trinajstić information content (AvgIpc) is 3.59. The van der Waals surface area contributed by atoms with E-state index in [0.29, 0.717) is 12.8 Å². The molecule has 1 atom stereocenters. The van der Waals surface area contributed by atoms with Gasteiger partial charge in [0.25, 0.3) is 0 Å². The molecule has 2 aromatic carbocycles. The zero-order chi connectivity index (χ0) is 17.9. The number of methoxy groups -OCH3 is 1. The van der Waals surface area contributed by atoms with E-state index in [0.717, 1.165) is 42.8 Å². The van der Waals surface area contributed by atoms with Gasteiger partial charge in [0.1, 0.15) is 11.4 Å². The van der Waals surface area contributed by atoms with Crippen LogP contribution in [0.15, 0.2) is 42.5 Å². The maximum Gasteiger partial charge on any atom is 0.136 e. The quantitative estimate of drug-likeness (QED) is 0.801. The van der Waals surface area contributed by atoms with E-state index in [-0.39, 0.29) is 11.9 Å². The van der Waals surface area contributed by atoms with Crippen molar-refractivity contribution in [3.05, 3.63) is 64.7 Å². The maximum absolute atomic E-state index is 14.5. The molecule has 3 heteroatoms. The first kappa shape index (κ1) is 14.3. The van der Waals surface area contributed by atoms with E-state index in [1.165, 1.54) is 11.1 Å². The van der Waals surface area contributed by atoms with Gasteiger partial charge in [-0.25, -0.2) is 4.39 Å². The predicted octanol–water partition coefficient (Wildman–Crippen LogP) is 4.70. The van der Waals surface area contributed by atoms with Crippen molar-refractivity contribution in [1.82, 2.24) is 4.90 Å². The molecule has 2 aromatic rings. The molecule has 5 rings (SSSR count). The van der Waals surface area contributed by atoms with Crippen molar-refractivity contribution in [1.29, 1.82) is 0 Å². The van der Waals surface area contributed by atoms with Crippen molar-refractivity contribution < 1.29 is 10.5 Å². The molecule has 1 heterocycles. The first-order chi connectivity index (χ1) is 12.5. The largest absolute Gasteiger partial charge is 0.497 e. The highest BCUT2D eigenvalue weighted by Gasteiger charge is 2.51. The molecule has 2 saturated carbocycles. The molecule has 2 aliphatic carbocycles. The lowest BCUT2D eigenvalue weighted by molar-refractivity contribution is 0.212. The van der Waals surface area contributed by atoms with Gasteiger partial charge >= 0.3 is 0 Å². The van der Waals surface area contributed by atoms with E-state index < -0.39 is 5.67 Å². The van der Waals surface area contributed by atoms with Crippen molar-refractivity contribution in [2.45, 2.75) is 49.8 Å². The number of fused-ring (bicyclic) bond motifs is 2. The zero-order valence-electron chi connectivity index (χ0n) is 15.6. The van der Waals surface area contributed by atoms with E-state index >= 15 is 0 Å². The Bertz CT molecular complexity index is 842. The molecule has 0 N–H and O–H groups in total. The molecule has 2 fully saturated rings. The second kappa shape index (κ2) is 5.31. The molecule has 0 saturated heterocycles. The van der Waals surface area contributed by atoms with Crippen molar-refractivity contribution in [2.75, 3.05) is 13.7 Å². The standard InChI is InChI=1S/C22H24FNO/c1-25-19-6-2-16(3-7-19)13-24-14-17-4-5-18(22(23)10-11-22)12-20(17)21(15-24)8-9-21/h2-7,12H,8-11,13-15H2,1H3/i14D. The first-order valence-electron chi connectivity index (χ1n) is 9.74. The number of hydrogen-bond donors (Lipinski definition) is 0. The third-order valence-electron chi connectivity index (χ3n) is 6.06. The molecule has 0 bridgehead atoms. The summed E-state index contributed by atoms with van der Waals surface area (Å²) in [5, 5.41) is 0. The fraction of sp³-hybridized carbons (Fsp3) is 0.455. The van der Waals surface area contributed by atoms with Gasteiger partial charge in [-0.2, -0.15) is 0 Å². The number of rotatable bonds is 4. The Morgan fingerprint density at radius 2 is 1.88 bits per heavy atom. The van der Waals surface area contributed by atoms with Crippen molar-refractivity contribution in [3.63, 3.8) is 0 Å². The second-order valence-corrected chi connectivity index (χ2v) is 7.93. The molecule has 0 amide bonds. The summed E-state index contributed by atoms with van der Waals surface area (Å²) < 4.78 is 28.6. The minimum atomic E-state index is -1.09. The van der Waals surface area contributed by atoms with Gasteiger partial charge in [0, 0.05) is 26.4 Å². The summed E-state index contributed by atoms with van der Waals surface area (Å²) in [5.41, 5.74) is 3.38. The predicted molar refractivity (Wildman–Crippen MR) is 96.5 cm³/mol. The van der Waals surface area contributed by atoms with Gasteiger partial charge in [-0.15, -0.1) is 0 Å². The van der Waals surface area contributed by atoms with Crippen LogP contribution >= 0.6 is 0 Å². The maximum atomic E-state index is 14.5. The number of hydrogen-bond acceptors (Lipinski definition) is 2. The summed E-state index contributed by atoms with van der Waals surface area (Å²) in [6.07, 6.45) is 3.59.